The number of ketones is 1. The molecule has 0 aliphatic rings. The van der Waals surface area contributed by atoms with Crippen LogP contribution in [0.25, 0.3) is 0 Å². The van der Waals surface area contributed by atoms with E-state index in [0.717, 1.165) is 0 Å². The van der Waals surface area contributed by atoms with Crippen molar-refractivity contribution in [3.8, 4) is 11.5 Å². The SMILES string of the molecule is COc1ccc(Nc2ccc(C(C)=O)cc2[N+](=O)[O-])c(OC)c1. The van der Waals surface area contributed by atoms with Crippen molar-refractivity contribution in [1.82, 2.24) is 0 Å². The molecular weight excluding hydrogens is 300 g/mol. The Morgan fingerprint density at radius 1 is 1.09 bits per heavy atom. The highest BCUT2D eigenvalue weighted by Crippen LogP contribution is 2.35. The number of carbonyl (C=O) groups excluding carboxylic acids is 1. The van der Waals surface area contributed by atoms with E-state index in [0.29, 0.717) is 17.2 Å². The van der Waals surface area contributed by atoms with Crippen molar-refractivity contribution in [3.05, 3.63) is 52.1 Å². The minimum absolute atomic E-state index is 0.185. The van der Waals surface area contributed by atoms with Gasteiger partial charge in [0.1, 0.15) is 17.2 Å². The van der Waals surface area contributed by atoms with Crippen LogP contribution >= 0.6 is 0 Å². The Hall–Kier alpha value is -3.09. The molecule has 0 unspecified atom stereocenters. The van der Waals surface area contributed by atoms with Gasteiger partial charge in [-0.1, -0.05) is 0 Å². The van der Waals surface area contributed by atoms with E-state index < -0.39 is 4.92 Å². The monoisotopic (exact) mass is 316 g/mol. The van der Waals surface area contributed by atoms with Crippen LogP contribution in [-0.4, -0.2) is 24.9 Å². The molecule has 7 heteroatoms. The van der Waals surface area contributed by atoms with Gasteiger partial charge in [-0.15, -0.1) is 0 Å². The lowest BCUT2D eigenvalue weighted by atomic mass is 10.1. The zero-order valence-electron chi connectivity index (χ0n) is 13.0. The van der Waals surface area contributed by atoms with Crippen LogP contribution in [-0.2, 0) is 0 Å². The smallest absolute Gasteiger partial charge is 0.293 e. The van der Waals surface area contributed by atoms with E-state index in [2.05, 4.69) is 5.32 Å². The summed E-state index contributed by atoms with van der Waals surface area (Å²) in [5.41, 5.74) is 0.912. The molecule has 0 spiro atoms. The van der Waals surface area contributed by atoms with Gasteiger partial charge in [0.05, 0.1) is 24.8 Å². The summed E-state index contributed by atoms with van der Waals surface area (Å²) < 4.78 is 10.4. The Balaban J connectivity index is 2.44. The van der Waals surface area contributed by atoms with E-state index >= 15 is 0 Å². The second kappa shape index (κ2) is 6.78. The maximum Gasteiger partial charge on any atom is 0.293 e. The van der Waals surface area contributed by atoms with Gasteiger partial charge in [0.25, 0.3) is 5.69 Å². The number of nitro benzene ring substituents is 1. The molecule has 120 valence electrons. The second-order valence-electron chi connectivity index (χ2n) is 4.74. The van der Waals surface area contributed by atoms with Crippen LogP contribution in [0.5, 0.6) is 11.5 Å². The van der Waals surface area contributed by atoms with E-state index in [4.69, 9.17) is 9.47 Å². The highest BCUT2D eigenvalue weighted by molar-refractivity contribution is 5.95. The Morgan fingerprint density at radius 2 is 1.78 bits per heavy atom. The number of anilines is 2. The molecular formula is C16H16N2O5. The van der Waals surface area contributed by atoms with Gasteiger partial charge < -0.3 is 14.8 Å². The lowest BCUT2D eigenvalue weighted by Gasteiger charge is -2.13. The fourth-order valence-electron chi connectivity index (χ4n) is 2.05. The predicted octanol–water partition coefficient (Wildman–Crippen LogP) is 3.56. The van der Waals surface area contributed by atoms with Gasteiger partial charge in [0.2, 0.25) is 0 Å². The average Bonchev–Trinajstić information content (AvgIpc) is 2.55. The van der Waals surface area contributed by atoms with Crippen molar-refractivity contribution in [2.24, 2.45) is 0 Å². The normalized spacial score (nSPS) is 10.0. The number of nitrogens with zero attached hydrogens (tertiary/aromatic N) is 1. The van der Waals surface area contributed by atoms with Crippen LogP contribution < -0.4 is 14.8 Å². The Labute approximate surface area is 133 Å². The molecule has 0 aliphatic carbocycles. The molecule has 0 saturated heterocycles. The number of benzene rings is 2. The summed E-state index contributed by atoms with van der Waals surface area (Å²) in [6.45, 7) is 1.36. The fraction of sp³-hybridized carbons (Fsp3) is 0.188. The van der Waals surface area contributed by atoms with Gasteiger partial charge in [0.15, 0.2) is 5.78 Å². The number of ether oxygens (including phenoxy) is 2. The lowest BCUT2D eigenvalue weighted by Crippen LogP contribution is -2.01. The maximum atomic E-state index is 11.4. The highest BCUT2D eigenvalue weighted by Gasteiger charge is 2.17. The number of hydrogen-bond donors (Lipinski definition) is 1. The van der Waals surface area contributed by atoms with Gasteiger partial charge in [-0.05, 0) is 31.2 Å². The summed E-state index contributed by atoms with van der Waals surface area (Å²) in [6, 6.07) is 9.35. The van der Waals surface area contributed by atoms with Crippen molar-refractivity contribution >= 4 is 22.8 Å². The van der Waals surface area contributed by atoms with Gasteiger partial charge in [0, 0.05) is 17.7 Å². The number of carbonyl (C=O) groups is 1. The molecule has 0 atom stereocenters. The molecule has 2 aromatic rings. The Kier molecular flexibility index (Phi) is 4.80. The van der Waals surface area contributed by atoms with Crippen molar-refractivity contribution in [1.29, 1.82) is 0 Å². The number of Topliss-reactive ketones (excluding diaryl/α,β-unsaturated/α-hetero) is 1. The molecule has 7 nitrogen and oxygen atoms in total. The Bertz CT molecular complexity index is 758. The summed E-state index contributed by atoms with van der Waals surface area (Å²) in [5, 5.41) is 14.2. The first-order valence-electron chi connectivity index (χ1n) is 6.74. The van der Waals surface area contributed by atoms with Crippen LogP contribution in [0, 0.1) is 10.1 Å². The zero-order chi connectivity index (χ0) is 17.0. The third-order valence-corrected chi connectivity index (χ3v) is 3.28. The molecule has 0 amide bonds. The van der Waals surface area contributed by atoms with Crippen molar-refractivity contribution in [3.63, 3.8) is 0 Å². The minimum atomic E-state index is -0.537. The summed E-state index contributed by atoms with van der Waals surface area (Å²) in [4.78, 5) is 22.1. The highest BCUT2D eigenvalue weighted by atomic mass is 16.6. The molecule has 0 aromatic heterocycles. The van der Waals surface area contributed by atoms with E-state index in [9.17, 15) is 14.9 Å². The van der Waals surface area contributed by atoms with Gasteiger partial charge >= 0.3 is 0 Å². The largest absolute Gasteiger partial charge is 0.497 e. The van der Waals surface area contributed by atoms with Crippen molar-refractivity contribution < 1.29 is 19.2 Å². The van der Waals surface area contributed by atoms with Crippen molar-refractivity contribution in [2.75, 3.05) is 19.5 Å². The minimum Gasteiger partial charge on any atom is -0.497 e. The number of nitrogens with one attached hydrogen (secondary N) is 1. The molecule has 2 rings (SSSR count). The summed E-state index contributed by atoms with van der Waals surface area (Å²) in [7, 11) is 3.03. The number of methoxy groups -OCH3 is 2. The molecule has 2 aromatic carbocycles. The van der Waals surface area contributed by atoms with E-state index in [1.807, 2.05) is 0 Å². The first-order valence-corrected chi connectivity index (χ1v) is 6.74. The summed E-state index contributed by atoms with van der Waals surface area (Å²) >= 11 is 0. The number of nitro groups is 1. The molecule has 0 fully saturated rings. The molecule has 0 bridgehead atoms. The second-order valence-corrected chi connectivity index (χ2v) is 4.74. The van der Waals surface area contributed by atoms with Gasteiger partial charge in [-0.2, -0.15) is 0 Å². The summed E-state index contributed by atoms with van der Waals surface area (Å²) in [6.07, 6.45) is 0. The fourth-order valence-corrected chi connectivity index (χ4v) is 2.05. The predicted molar refractivity (Wildman–Crippen MR) is 85.9 cm³/mol. The zero-order valence-corrected chi connectivity index (χ0v) is 13.0. The van der Waals surface area contributed by atoms with E-state index in [-0.39, 0.29) is 22.7 Å². The Morgan fingerprint density at radius 3 is 2.35 bits per heavy atom. The van der Waals surface area contributed by atoms with Crippen LogP contribution in [0.15, 0.2) is 36.4 Å². The molecule has 23 heavy (non-hydrogen) atoms. The van der Waals surface area contributed by atoms with E-state index in [1.165, 1.54) is 39.3 Å². The summed E-state index contributed by atoms with van der Waals surface area (Å²) in [5.74, 6) is 0.852. The maximum absolute atomic E-state index is 11.4. The average molecular weight is 316 g/mol. The number of rotatable bonds is 6. The number of hydrogen-bond acceptors (Lipinski definition) is 6. The lowest BCUT2D eigenvalue weighted by molar-refractivity contribution is -0.383. The molecule has 0 radical (unpaired) electrons. The molecule has 0 heterocycles. The van der Waals surface area contributed by atoms with Crippen molar-refractivity contribution in [2.45, 2.75) is 6.92 Å². The van der Waals surface area contributed by atoms with Crippen LogP contribution in [0.3, 0.4) is 0 Å². The molecule has 0 saturated carbocycles. The molecule has 0 aliphatic heterocycles. The van der Waals surface area contributed by atoms with E-state index in [1.54, 1.807) is 18.2 Å². The van der Waals surface area contributed by atoms with Crippen LogP contribution in [0.4, 0.5) is 17.1 Å². The third kappa shape index (κ3) is 3.57. The van der Waals surface area contributed by atoms with Crippen LogP contribution in [0.1, 0.15) is 17.3 Å². The third-order valence-electron chi connectivity index (χ3n) is 3.28. The topological polar surface area (TPSA) is 90.7 Å². The van der Waals surface area contributed by atoms with Gasteiger partial charge in [-0.3, -0.25) is 14.9 Å². The first-order chi connectivity index (χ1) is 11.0. The first kappa shape index (κ1) is 16.3. The van der Waals surface area contributed by atoms with Gasteiger partial charge in [-0.25, -0.2) is 0 Å². The molecule has 1 N–H and O–H groups in total. The standard InChI is InChI=1S/C16H16N2O5/c1-10(19)11-4-6-13(15(8-11)18(20)21)17-14-7-5-12(22-2)9-16(14)23-3/h4-9,17H,1-3H3. The van der Waals surface area contributed by atoms with Crippen LogP contribution in [0.2, 0.25) is 0 Å². The quantitative estimate of drug-likeness (QED) is 0.498.